The monoisotopic (exact) mass is 235 g/mol. The Morgan fingerprint density at radius 3 is 2.94 bits per heavy atom. The number of nitrogens with one attached hydrogen (secondary N) is 1. The van der Waals surface area contributed by atoms with Crippen LogP contribution >= 0.6 is 0 Å². The van der Waals surface area contributed by atoms with Crippen molar-refractivity contribution >= 4 is 16.8 Å². The van der Waals surface area contributed by atoms with Crippen molar-refractivity contribution in [3.05, 3.63) is 41.7 Å². The van der Waals surface area contributed by atoms with Gasteiger partial charge >= 0.3 is 0 Å². The highest BCUT2D eigenvalue weighted by Gasteiger charge is 2.17. The number of aromatic nitrogens is 1. The first-order valence-corrected chi connectivity index (χ1v) is 5.16. The van der Waals surface area contributed by atoms with Crippen LogP contribution in [0.1, 0.15) is 16.1 Å². The number of amides is 1. The van der Waals surface area contributed by atoms with E-state index in [2.05, 4.69) is 4.98 Å². The summed E-state index contributed by atoms with van der Waals surface area (Å²) in [6.07, 6.45) is 1.83. The normalized spacial score (nSPS) is 10.9. The number of rotatable bonds is 4. The average molecular weight is 235 g/mol. The molecule has 1 aromatic carbocycles. The molecule has 5 heteroatoms. The molecule has 17 heavy (non-hydrogen) atoms. The summed E-state index contributed by atoms with van der Waals surface area (Å²) < 4.78 is 13.7. The summed E-state index contributed by atoms with van der Waals surface area (Å²) in [5, 5.41) is 9.11. The molecule has 0 aliphatic carbocycles. The van der Waals surface area contributed by atoms with Crippen LogP contribution in [-0.2, 0) is 6.42 Å². The topological polar surface area (TPSA) is 79.1 Å². The Labute approximate surface area is 97.2 Å². The van der Waals surface area contributed by atoms with E-state index in [-0.39, 0.29) is 18.7 Å². The Kier molecular flexibility index (Phi) is 3.10. The summed E-state index contributed by atoms with van der Waals surface area (Å²) in [5.41, 5.74) is 6.43. The van der Waals surface area contributed by atoms with Gasteiger partial charge in [0, 0.05) is 17.5 Å². The number of aromatic amines is 1. The van der Waals surface area contributed by atoms with Gasteiger partial charge < -0.3 is 15.8 Å². The lowest BCUT2D eigenvalue weighted by molar-refractivity contribution is 0.0995. The summed E-state index contributed by atoms with van der Waals surface area (Å²) in [5.74, 6) is -1.05. The fraction of sp³-hybridized carbons (Fsp3) is 0.167. The van der Waals surface area contributed by atoms with Crippen molar-refractivity contribution in [2.75, 3.05) is 6.61 Å². The number of carbonyl (C=O) groups is 1. The maximum absolute atomic E-state index is 13.7. The molecular weight excluding hydrogens is 223 g/mol. The van der Waals surface area contributed by atoms with Crippen molar-refractivity contribution in [1.29, 1.82) is 0 Å². The van der Waals surface area contributed by atoms with Crippen molar-refractivity contribution in [3.63, 3.8) is 0 Å². The molecule has 2 rings (SSSR count). The summed E-state index contributed by atoms with van der Waals surface area (Å²) >= 11 is 0. The lowest BCUT2D eigenvalue weighted by Crippen LogP contribution is -2.14. The first kappa shape index (κ1) is 11.6. The third-order valence-electron chi connectivity index (χ3n) is 2.60. The average Bonchev–Trinajstić information content (AvgIpc) is 2.66. The summed E-state index contributed by atoms with van der Waals surface area (Å²) in [6.45, 7) is -0.140. The van der Waals surface area contributed by atoms with Crippen LogP contribution in [0.3, 0.4) is 0 Å². The van der Waals surface area contributed by atoms with Crippen molar-refractivity contribution in [3.8, 4) is 0 Å². The third kappa shape index (κ3) is 2.01. The number of primary amides is 1. The molecule has 0 atom stereocenters. The Hall–Kier alpha value is -1.88. The van der Waals surface area contributed by atoms with E-state index in [0.29, 0.717) is 16.5 Å². The van der Waals surface area contributed by atoms with Crippen LogP contribution in [0.15, 0.2) is 18.2 Å². The zero-order chi connectivity index (χ0) is 12.4. The van der Waals surface area contributed by atoms with Crippen molar-refractivity contribution in [2.24, 2.45) is 5.73 Å². The predicted octanol–water partition coefficient (Wildman–Crippen LogP) is 1.14. The maximum atomic E-state index is 13.7. The molecule has 0 bridgehead atoms. The zero-order valence-electron chi connectivity index (χ0n) is 9.03. The molecule has 1 radical (unpaired) electrons. The molecule has 0 aliphatic rings. The number of hydrogen-bond donors (Lipinski definition) is 3. The van der Waals surface area contributed by atoms with Gasteiger partial charge in [-0.25, -0.2) is 4.39 Å². The quantitative estimate of drug-likeness (QED) is 0.743. The molecule has 1 aromatic heterocycles. The van der Waals surface area contributed by atoms with Crippen LogP contribution in [0.4, 0.5) is 4.39 Å². The minimum atomic E-state index is -0.637. The number of halogens is 1. The molecule has 0 spiro atoms. The van der Waals surface area contributed by atoms with Gasteiger partial charge in [0.05, 0.1) is 0 Å². The Bertz CT molecular complexity index is 563. The zero-order valence-corrected chi connectivity index (χ0v) is 9.03. The fourth-order valence-electron chi connectivity index (χ4n) is 1.89. The maximum Gasteiger partial charge on any atom is 0.265 e. The standard InChI is InChI=1S/C12H12FN2O2/c13-8-4-1-5-9-10(8)7(3-2-6-16)11(15-9)12(14)17/h1-2,4-5,15-16H,3,6H2,(H2,14,17). The third-order valence-corrected chi connectivity index (χ3v) is 2.60. The second kappa shape index (κ2) is 4.55. The van der Waals surface area contributed by atoms with Crippen LogP contribution in [0.2, 0.25) is 0 Å². The van der Waals surface area contributed by atoms with Gasteiger partial charge in [-0.05, 0) is 30.5 Å². The Morgan fingerprint density at radius 1 is 1.53 bits per heavy atom. The van der Waals surface area contributed by atoms with Gasteiger partial charge in [-0.15, -0.1) is 0 Å². The van der Waals surface area contributed by atoms with Gasteiger partial charge in [0.25, 0.3) is 5.91 Å². The molecule has 0 aliphatic heterocycles. The van der Waals surface area contributed by atoms with E-state index in [1.54, 1.807) is 18.6 Å². The highest BCUT2D eigenvalue weighted by atomic mass is 19.1. The molecule has 0 saturated carbocycles. The minimum Gasteiger partial charge on any atom is -0.396 e. The number of nitrogens with two attached hydrogens (primary N) is 1. The number of fused-ring (bicyclic) bond motifs is 1. The number of benzene rings is 1. The van der Waals surface area contributed by atoms with Crippen LogP contribution in [0.25, 0.3) is 10.9 Å². The number of carbonyl (C=O) groups excluding carboxylic acids is 1. The van der Waals surface area contributed by atoms with E-state index < -0.39 is 11.7 Å². The number of hydrogen-bond acceptors (Lipinski definition) is 2. The molecule has 0 unspecified atom stereocenters. The van der Waals surface area contributed by atoms with E-state index in [0.717, 1.165) is 0 Å². The van der Waals surface area contributed by atoms with Gasteiger partial charge in [0.15, 0.2) is 0 Å². The molecule has 0 saturated heterocycles. The molecule has 1 heterocycles. The number of aliphatic hydroxyl groups excluding tert-OH is 1. The van der Waals surface area contributed by atoms with Gasteiger partial charge in [-0.1, -0.05) is 6.07 Å². The number of H-pyrrole nitrogens is 1. The van der Waals surface area contributed by atoms with Crippen molar-refractivity contribution in [1.82, 2.24) is 4.98 Å². The fourth-order valence-corrected chi connectivity index (χ4v) is 1.89. The minimum absolute atomic E-state index is 0.140. The van der Waals surface area contributed by atoms with Crippen molar-refractivity contribution < 1.29 is 14.3 Å². The highest BCUT2D eigenvalue weighted by Crippen LogP contribution is 2.26. The summed E-state index contributed by atoms with van der Waals surface area (Å²) in [6, 6.07) is 4.55. The van der Waals surface area contributed by atoms with Gasteiger partial charge in [0.1, 0.15) is 11.5 Å². The first-order valence-electron chi connectivity index (χ1n) is 5.16. The smallest absolute Gasteiger partial charge is 0.265 e. The number of aliphatic hydroxyl groups is 1. The summed E-state index contributed by atoms with van der Waals surface area (Å²) in [7, 11) is 0. The van der Waals surface area contributed by atoms with E-state index in [1.807, 2.05) is 0 Å². The lowest BCUT2D eigenvalue weighted by atomic mass is 10.0. The van der Waals surface area contributed by atoms with E-state index in [4.69, 9.17) is 10.8 Å². The Morgan fingerprint density at radius 2 is 2.29 bits per heavy atom. The predicted molar refractivity (Wildman–Crippen MR) is 61.9 cm³/mol. The van der Waals surface area contributed by atoms with Gasteiger partial charge in [0.2, 0.25) is 0 Å². The highest BCUT2D eigenvalue weighted by molar-refractivity contribution is 6.00. The van der Waals surface area contributed by atoms with Crippen LogP contribution < -0.4 is 5.73 Å². The van der Waals surface area contributed by atoms with Crippen LogP contribution in [0, 0.1) is 12.2 Å². The van der Waals surface area contributed by atoms with Crippen molar-refractivity contribution in [2.45, 2.75) is 6.42 Å². The van der Waals surface area contributed by atoms with E-state index in [1.165, 1.54) is 6.07 Å². The van der Waals surface area contributed by atoms with E-state index in [9.17, 15) is 9.18 Å². The van der Waals surface area contributed by atoms with Gasteiger partial charge in [-0.3, -0.25) is 4.79 Å². The summed E-state index contributed by atoms with van der Waals surface area (Å²) in [4.78, 5) is 14.1. The van der Waals surface area contributed by atoms with Crippen LogP contribution in [0.5, 0.6) is 0 Å². The molecule has 0 fully saturated rings. The second-order valence-electron chi connectivity index (χ2n) is 3.68. The SMILES string of the molecule is NC(=O)c1[nH]c2cccc(F)c2c1C[CH]CO. The first-order chi connectivity index (χ1) is 8.15. The largest absolute Gasteiger partial charge is 0.396 e. The lowest BCUT2D eigenvalue weighted by Gasteiger charge is -2.00. The molecular formula is C12H12FN2O2. The molecule has 4 N–H and O–H groups in total. The van der Waals surface area contributed by atoms with Crippen LogP contribution in [-0.4, -0.2) is 22.6 Å². The molecule has 2 aromatic rings. The van der Waals surface area contributed by atoms with Gasteiger partial charge in [-0.2, -0.15) is 0 Å². The van der Waals surface area contributed by atoms with E-state index >= 15 is 0 Å². The molecule has 1 amide bonds. The molecule has 4 nitrogen and oxygen atoms in total. The second-order valence-corrected chi connectivity index (χ2v) is 3.68. The molecule has 89 valence electrons. The Balaban J connectivity index is 2.64.